The molecule has 0 aliphatic heterocycles. The predicted octanol–water partition coefficient (Wildman–Crippen LogP) is 0.221. The van der Waals surface area contributed by atoms with E-state index in [1.165, 1.54) is 4.90 Å². The van der Waals surface area contributed by atoms with Crippen molar-refractivity contribution in [3.63, 3.8) is 0 Å². The van der Waals surface area contributed by atoms with Gasteiger partial charge in [0.15, 0.2) is 0 Å². The first-order chi connectivity index (χ1) is 8.04. The lowest BCUT2D eigenvalue weighted by Gasteiger charge is -2.21. The Hall–Kier alpha value is -1.66. The predicted molar refractivity (Wildman–Crippen MR) is 74.4 cm³/mol. The highest BCUT2D eigenvalue weighted by Gasteiger charge is 2.06. The molecule has 0 fully saturated rings. The lowest BCUT2D eigenvalue weighted by molar-refractivity contribution is -0.858. The number of nitrogens with zero attached hydrogens (tertiary/aromatic N) is 1. The first kappa shape index (κ1) is 13.4. The summed E-state index contributed by atoms with van der Waals surface area (Å²) in [7, 11) is 6.39. The fourth-order valence-corrected chi connectivity index (χ4v) is 1.78. The van der Waals surface area contributed by atoms with Crippen LogP contribution in [-0.4, -0.2) is 34.2 Å². The second-order valence-corrected chi connectivity index (χ2v) is 4.65. The van der Waals surface area contributed by atoms with Gasteiger partial charge in [-0.05, 0) is 18.2 Å². The monoisotopic (exact) mass is 232 g/mol. The van der Waals surface area contributed by atoms with Gasteiger partial charge in [-0.15, -0.1) is 6.42 Å². The van der Waals surface area contributed by atoms with Crippen LogP contribution in [0.2, 0.25) is 0 Å². The topological polar surface area (TPSA) is 33.7 Å². The normalized spacial score (nSPS) is 10.3. The van der Waals surface area contributed by atoms with E-state index in [1.54, 1.807) is 0 Å². The molecule has 0 unspecified atom stereocenters. The van der Waals surface area contributed by atoms with Gasteiger partial charge in [-0.25, -0.2) is 0 Å². The fraction of sp³-hybridized carbons (Fsp3) is 0.429. The van der Waals surface area contributed by atoms with E-state index in [4.69, 9.17) is 12.2 Å². The van der Waals surface area contributed by atoms with Gasteiger partial charge < -0.3 is 15.5 Å². The summed E-state index contributed by atoms with van der Waals surface area (Å²) in [5.41, 5.74) is 8.62. The molecule has 0 saturated carbocycles. The summed E-state index contributed by atoms with van der Waals surface area (Å²) >= 11 is 0. The number of quaternary nitrogens is 1. The Kier molecular flexibility index (Phi) is 4.86. The molecule has 0 radical (unpaired) electrons. The van der Waals surface area contributed by atoms with Crippen LogP contribution in [-0.2, 0) is 0 Å². The Morgan fingerprint density at radius 2 is 2.12 bits per heavy atom. The van der Waals surface area contributed by atoms with Gasteiger partial charge in [0.05, 0.1) is 32.0 Å². The van der Waals surface area contributed by atoms with Crippen molar-refractivity contribution < 1.29 is 4.90 Å². The van der Waals surface area contributed by atoms with Crippen LogP contribution in [0.1, 0.15) is 12.0 Å². The number of hydrogen-bond acceptors (Lipinski definition) is 2. The fourth-order valence-electron chi connectivity index (χ4n) is 1.78. The Balaban J connectivity index is 2.63. The molecule has 1 rings (SSSR count). The van der Waals surface area contributed by atoms with Crippen LogP contribution in [0.5, 0.6) is 0 Å². The van der Waals surface area contributed by atoms with E-state index in [1.807, 2.05) is 18.2 Å². The summed E-state index contributed by atoms with van der Waals surface area (Å²) in [5, 5.41) is 0. The van der Waals surface area contributed by atoms with E-state index in [0.29, 0.717) is 0 Å². The quantitative estimate of drug-likeness (QED) is 0.562. The maximum absolute atomic E-state index is 5.99. The summed E-state index contributed by atoms with van der Waals surface area (Å²) in [6.45, 7) is 2.16. The third-order valence-corrected chi connectivity index (χ3v) is 2.78. The average Bonchev–Trinajstić information content (AvgIpc) is 2.28. The van der Waals surface area contributed by atoms with Crippen LogP contribution in [0.15, 0.2) is 18.2 Å². The molecule has 0 aromatic heterocycles. The summed E-state index contributed by atoms with van der Waals surface area (Å²) < 4.78 is 0. The van der Waals surface area contributed by atoms with Gasteiger partial charge in [0.2, 0.25) is 0 Å². The molecule has 1 aromatic carbocycles. The zero-order chi connectivity index (χ0) is 12.8. The van der Waals surface area contributed by atoms with Crippen molar-refractivity contribution in [3.8, 4) is 12.3 Å². The first-order valence-electron chi connectivity index (χ1n) is 5.91. The average molecular weight is 232 g/mol. The molecule has 3 N–H and O–H groups in total. The summed E-state index contributed by atoms with van der Waals surface area (Å²) in [6, 6.07) is 5.77. The minimum Gasteiger partial charge on any atom is -0.397 e. The molecular formula is C14H22N3+. The Morgan fingerprint density at radius 1 is 1.41 bits per heavy atom. The highest BCUT2D eigenvalue weighted by atomic mass is 15.1. The third kappa shape index (κ3) is 4.01. The van der Waals surface area contributed by atoms with Crippen LogP contribution >= 0.6 is 0 Å². The van der Waals surface area contributed by atoms with Crippen molar-refractivity contribution >= 4 is 11.4 Å². The Morgan fingerprint density at radius 3 is 2.65 bits per heavy atom. The van der Waals surface area contributed by atoms with Crippen molar-refractivity contribution in [1.82, 2.24) is 0 Å². The number of nitrogen functional groups attached to an aromatic ring is 1. The van der Waals surface area contributed by atoms with E-state index < -0.39 is 0 Å². The zero-order valence-corrected chi connectivity index (χ0v) is 11.0. The maximum Gasteiger partial charge on any atom is 0.0783 e. The second-order valence-electron chi connectivity index (χ2n) is 4.65. The molecule has 0 heterocycles. The summed E-state index contributed by atoms with van der Waals surface area (Å²) in [6.07, 6.45) is 6.48. The van der Waals surface area contributed by atoms with E-state index in [-0.39, 0.29) is 0 Å². The van der Waals surface area contributed by atoms with Gasteiger partial charge in [0.25, 0.3) is 0 Å². The number of rotatable bonds is 5. The minimum atomic E-state index is 0.750. The highest BCUT2D eigenvalue weighted by Crippen LogP contribution is 2.22. The van der Waals surface area contributed by atoms with E-state index in [9.17, 15) is 0 Å². The highest BCUT2D eigenvalue weighted by molar-refractivity contribution is 5.69. The molecule has 0 aliphatic rings. The summed E-state index contributed by atoms with van der Waals surface area (Å²) in [5.74, 6) is 2.59. The molecule has 0 atom stereocenters. The van der Waals surface area contributed by atoms with Crippen molar-refractivity contribution in [2.75, 3.05) is 44.9 Å². The van der Waals surface area contributed by atoms with Gasteiger partial charge in [0, 0.05) is 25.6 Å². The number of terminal acetylenes is 1. The molecule has 92 valence electrons. The molecule has 17 heavy (non-hydrogen) atoms. The van der Waals surface area contributed by atoms with Crippen LogP contribution in [0.4, 0.5) is 11.4 Å². The van der Waals surface area contributed by atoms with Gasteiger partial charge in [0.1, 0.15) is 0 Å². The molecule has 0 saturated heterocycles. The molecule has 1 aromatic rings. The van der Waals surface area contributed by atoms with E-state index in [0.717, 1.165) is 36.4 Å². The van der Waals surface area contributed by atoms with Crippen molar-refractivity contribution in [2.24, 2.45) is 0 Å². The number of hydrogen-bond donors (Lipinski definition) is 2. The molecule has 0 spiro atoms. The van der Waals surface area contributed by atoms with Gasteiger partial charge in [-0.2, -0.15) is 0 Å². The third-order valence-electron chi connectivity index (χ3n) is 2.78. The van der Waals surface area contributed by atoms with Gasteiger partial charge in [-0.1, -0.05) is 5.92 Å². The molecule has 3 nitrogen and oxygen atoms in total. The lowest BCUT2D eigenvalue weighted by atomic mass is 10.1. The van der Waals surface area contributed by atoms with Crippen LogP contribution in [0.3, 0.4) is 0 Å². The smallest absolute Gasteiger partial charge is 0.0783 e. The van der Waals surface area contributed by atoms with Crippen LogP contribution in [0.25, 0.3) is 0 Å². The molecule has 0 bridgehead atoms. The number of nitrogens with two attached hydrogens (primary N) is 1. The van der Waals surface area contributed by atoms with Crippen molar-refractivity contribution in [3.05, 3.63) is 23.8 Å². The van der Waals surface area contributed by atoms with Gasteiger partial charge >= 0.3 is 0 Å². The van der Waals surface area contributed by atoms with E-state index in [2.05, 4.69) is 32.0 Å². The minimum absolute atomic E-state index is 0.750. The maximum atomic E-state index is 5.99. The SMILES string of the molecule is C#Cc1ccc(N(C)CCC[NH+](C)C)c(N)c1. The first-order valence-corrected chi connectivity index (χ1v) is 5.91. The standard InChI is InChI=1S/C14H21N3/c1-5-12-7-8-14(13(15)11-12)17(4)10-6-9-16(2)3/h1,7-8,11H,6,9-10,15H2,2-4H3/p+1. The number of nitrogens with one attached hydrogen (secondary N) is 1. The number of anilines is 2. The zero-order valence-electron chi connectivity index (χ0n) is 11.0. The van der Waals surface area contributed by atoms with E-state index >= 15 is 0 Å². The second kappa shape index (κ2) is 6.17. The molecule has 0 aliphatic carbocycles. The largest absolute Gasteiger partial charge is 0.397 e. The van der Waals surface area contributed by atoms with Crippen LogP contribution in [0, 0.1) is 12.3 Å². The molecular weight excluding hydrogens is 210 g/mol. The lowest BCUT2D eigenvalue weighted by Crippen LogP contribution is -3.05. The Labute approximate surface area is 104 Å². The molecule has 3 heteroatoms. The summed E-state index contributed by atoms with van der Waals surface area (Å²) in [4.78, 5) is 3.65. The van der Waals surface area contributed by atoms with Crippen LogP contribution < -0.4 is 15.5 Å². The van der Waals surface area contributed by atoms with Gasteiger partial charge in [-0.3, -0.25) is 0 Å². The molecule has 0 amide bonds. The van der Waals surface area contributed by atoms with Crippen molar-refractivity contribution in [2.45, 2.75) is 6.42 Å². The number of benzene rings is 1. The Bertz CT molecular complexity index is 404. The van der Waals surface area contributed by atoms with Crippen molar-refractivity contribution in [1.29, 1.82) is 0 Å².